The molecule has 1 fully saturated rings. The molecule has 206 valence electrons. The monoisotopic (exact) mass is 542 g/mol. The van der Waals surface area contributed by atoms with Crippen molar-refractivity contribution >= 4 is 17.3 Å². The Labute approximate surface area is 238 Å². The van der Waals surface area contributed by atoms with Crippen LogP contribution in [0.25, 0.3) is 0 Å². The van der Waals surface area contributed by atoms with Crippen molar-refractivity contribution in [1.82, 2.24) is 9.80 Å². The molecule has 4 atom stereocenters. The maximum absolute atomic E-state index is 14.8. The lowest BCUT2D eigenvalue weighted by molar-refractivity contribution is -0.172. The Hall–Kier alpha value is -2.47. The van der Waals surface area contributed by atoms with Gasteiger partial charge in [0.1, 0.15) is 0 Å². The Morgan fingerprint density at radius 1 is 0.872 bits per heavy atom. The number of benzene rings is 2. The predicted octanol–water partition coefficient (Wildman–Crippen LogP) is 7.16. The lowest BCUT2D eigenvalue weighted by Gasteiger charge is -2.45. The lowest BCUT2D eigenvalue weighted by atomic mass is 9.70. The third-order valence-electron chi connectivity index (χ3n) is 9.62. The number of fused-ring (bicyclic) bond motifs is 2. The summed E-state index contributed by atoms with van der Waals surface area (Å²) in [6.45, 7) is 5.81. The predicted molar refractivity (Wildman–Crippen MR) is 159 cm³/mol. The standard InChI is InChI=1S/C34H42N2O2S/c1-34(31-18-11-19-39-31,30-23-36(3)21-26-15-8-10-17-28(26)30)38-33(37)32(24-12-5-4-6-13-24)29-22-35(2)20-25-14-7-9-16-27(25)29/h7-11,14-19,24,29-30,32H,4-6,12-13,20-23H2,1-3H3. The Morgan fingerprint density at radius 2 is 1.51 bits per heavy atom. The van der Waals surface area contributed by atoms with Crippen molar-refractivity contribution in [2.75, 3.05) is 27.2 Å². The van der Waals surface area contributed by atoms with E-state index in [1.54, 1.807) is 11.3 Å². The molecular weight excluding hydrogens is 500 g/mol. The molecule has 1 aromatic heterocycles. The summed E-state index contributed by atoms with van der Waals surface area (Å²) in [6, 6.07) is 21.8. The Kier molecular flexibility index (Phi) is 7.67. The molecule has 0 N–H and O–H groups in total. The topological polar surface area (TPSA) is 32.8 Å². The number of rotatable bonds is 6. The van der Waals surface area contributed by atoms with Gasteiger partial charge in [-0.2, -0.15) is 0 Å². The summed E-state index contributed by atoms with van der Waals surface area (Å²) in [5.74, 6) is 0.459. The highest BCUT2D eigenvalue weighted by molar-refractivity contribution is 7.10. The second kappa shape index (κ2) is 11.2. The molecule has 3 heterocycles. The highest BCUT2D eigenvalue weighted by Crippen LogP contribution is 2.48. The van der Waals surface area contributed by atoms with Crippen LogP contribution >= 0.6 is 11.3 Å². The summed E-state index contributed by atoms with van der Waals surface area (Å²) in [5, 5.41) is 2.12. The van der Waals surface area contributed by atoms with Gasteiger partial charge < -0.3 is 14.5 Å². The minimum absolute atomic E-state index is 0.00129. The molecule has 1 saturated carbocycles. The van der Waals surface area contributed by atoms with Crippen molar-refractivity contribution in [2.45, 2.75) is 69.6 Å². The van der Waals surface area contributed by atoms with Crippen LogP contribution in [-0.4, -0.2) is 43.0 Å². The molecular formula is C34H42N2O2S. The van der Waals surface area contributed by atoms with Gasteiger partial charge in [-0.1, -0.05) is 73.9 Å². The first kappa shape index (κ1) is 26.7. The molecule has 2 aromatic carbocycles. The quantitative estimate of drug-likeness (QED) is 0.309. The summed E-state index contributed by atoms with van der Waals surface area (Å²) in [4.78, 5) is 20.7. The maximum Gasteiger partial charge on any atom is 0.310 e. The third kappa shape index (κ3) is 5.21. The zero-order chi connectivity index (χ0) is 27.0. The summed E-state index contributed by atoms with van der Waals surface area (Å²) in [7, 11) is 4.37. The number of carbonyl (C=O) groups excluding carboxylic acids is 1. The normalized spacial score (nSPS) is 24.8. The van der Waals surface area contributed by atoms with Crippen LogP contribution in [0.3, 0.4) is 0 Å². The van der Waals surface area contributed by atoms with E-state index >= 15 is 0 Å². The molecule has 4 nitrogen and oxygen atoms in total. The molecule has 39 heavy (non-hydrogen) atoms. The van der Waals surface area contributed by atoms with E-state index in [0.717, 1.165) is 43.9 Å². The summed E-state index contributed by atoms with van der Waals surface area (Å²) >= 11 is 1.71. The minimum atomic E-state index is -0.733. The summed E-state index contributed by atoms with van der Waals surface area (Å²) < 4.78 is 6.97. The zero-order valence-electron chi connectivity index (χ0n) is 23.6. The van der Waals surface area contributed by atoms with Crippen LogP contribution in [0.1, 0.15) is 78.0 Å². The van der Waals surface area contributed by atoms with Crippen molar-refractivity contribution in [3.05, 3.63) is 93.2 Å². The van der Waals surface area contributed by atoms with Crippen molar-refractivity contribution in [3.8, 4) is 0 Å². The van der Waals surface area contributed by atoms with Crippen LogP contribution in [0.15, 0.2) is 66.0 Å². The second-order valence-electron chi connectivity index (χ2n) is 12.4. The lowest BCUT2D eigenvalue weighted by Crippen LogP contribution is -2.47. The van der Waals surface area contributed by atoms with Gasteiger partial charge in [0, 0.05) is 42.9 Å². The number of likely N-dealkylation sites (N-methyl/N-ethyl adjacent to an activating group) is 2. The fourth-order valence-electron chi connectivity index (χ4n) is 7.70. The van der Waals surface area contributed by atoms with Crippen LogP contribution in [0, 0.1) is 11.8 Å². The molecule has 0 saturated heterocycles. The summed E-state index contributed by atoms with van der Waals surface area (Å²) in [6.07, 6.45) is 5.93. The largest absolute Gasteiger partial charge is 0.453 e. The van der Waals surface area contributed by atoms with Crippen molar-refractivity contribution in [2.24, 2.45) is 11.8 Å². The maximum atomic E-state index is 14.8. The average molecular weight is 543 g/mol. The SMILES string of the molecule is CN1Cc2ccccc2C(C(C(=O)OC(C)(c2cccs2)C2CN(C)Cc3ccccc32)C2CCCCC2)C1. The van der Waals surface area contributed by atoms with Crippen LogP contribution < -0.4 is 0 Å². The van der Waals surface area contributed by atoms with Gasteiger partial charge in [-0.15, -0.1) is 11.3 Å². The molecule has 6 rings (SSSR count). The van der Waals surface area contributed by atoms with Gasteiger partial charge in [0.2, 0.25) is 0 Å². The fraction of sp³-hybridized carbons (Fsp3) is 0.500. The molecule has 2 aliphatic heterocycles. The van der Waals surface area contributed by atoms with E-state index in [9.17, 15) is 4.79 Å². The van der Waals surface area contributed by atoms with E-state index in [4.69, 9.17) is 4.74 Å². The number of carbonyl (C=O) groups is 1. The molecule has 4 unspecified atom stereocenters. The molecule has 0 amide bonds. The molecule has 0 radical (unpaired) electrons. The van der Waals surface area contributed by atoms with Crippen molar-refractivity contribution in [3.63, 3.8) is 0 Å². The number of hydrogen-bond donors (Lipinski definition) is 0. The Balaban J connectivity index is 1.41. The van der Waals surface area contributed by atoms with E-state index in [1.807, 2.05) is 0 Å². The molecule has 3 aliphatic rings. The number of hydrogen-bond acceptors (Lipinski definition) is 5. The smallest absolute Gasteiger partial charge is 0.310 e. The first-order valence-corrected chi connectivity index (χ1v) is 15.6. The summed E-state index contributed by atoms with van der Waals surface area (Å²) in [5.41, 5.74) is 4.62. The van der Waals surface area contributed by atoms with E-state index < -0.39 is 5.60 Å². The van der Waals surface area contributed by atoms with Gasteiger partial charge in [-0.3, -0.25) is 4.79 Å². The number of esters is 1. The average Bonchev–Trinajstić information content (AvgIpc) is 3.49. The van der Waals surface area contributed by atoms with Gasteiger partial charge in [-0.25, -0.2) is 0 Å². The van der Waals surface area contributed by atoms with Crippen molar-refractivity contribution < 1.29 is 9.53 Å². The number of thiophene rings is 1. The molecule has 3 aromatic rings. The highest BCUT2D eigenvalue weighted by Gasteiger charge is 2.48. The second-order valence-corrected chi connectivity index (χ2v) is 13.3. The van der Waals surface area contributed by atoms with Crippen LogP contribution in [0.5, 0.6) is 0 Å². The number of nitrogens with zero attached hydrogens (tertiary/aromatic N) is 2. The van der Waals surface area contributed by atoms with Gasteiger partial charge in [0.25, 0.3) is 0 Å². The van der Waals surface area contributed by atoms with Crippen LogP contribution in [-0.2, 0) is 28.2 Å². The van der Waals surface area contributed by atoms with E-state index in [-0.39, 0.29) is 23.7 Å². The van der Waals surface area contributed by atoms with E-state index in [1.165, 1.54) is 41.5 Å². The van der Waals surface area contributed by atoms with E-state index in [0.29, 0.717) is 5.92 Å². The van der Waals surface area contributed by atoms with Crippen LogP contribution in [0.2, 0.25) is 0 Å². The minimum Gasteiger partial charge on any atom is -0.453 e. The van der Waals surface area contributed by atoms with Crippen LogP contribution in [0.4, 0.5) is 0 Å². The van der Waals surface area contributed by atoms with Gasteiger partial charge >= 0.3 is 5.97 Å². The first-order chi connectivity index (χ1) is 18.9. The third-order valence-corrected chi connectivity index (χ3v) is 10.7. The zero-order valence-corrected chi connectivity index (χ0v) is 24.5. The first-order valence-electron chi connectivity index (χ1n) is 14.7. The van der Waals surface area contributed by atoms with E-state index in [2.05, 4.69) is 96.9 Å². The molecule has 0 spiro atoms. The van der Waals surface area contributed by atoms with Crippen molar-refractivity contribution in [1.29, 1.82) is 0 Å². The molecule has 5 heteroatoms. The Morgan fingerprint density at radius 3 is 2.21 bits per heavy atom. The fourth-order valence-corrected chi connectivity index (χ4v) is 8.58. The molecule has 0 bridgehead atoms. The van der Waals surface area contributed by atoms with Gasteiger partial charge in [-0.05, 0) is 73.5 Å². The Bertz CT molecular complexity index is 1280. The van der Waals surface area contributed by atoms with Gasteiger partial charge in [0.05, 0.1) is 5.92 Å². The highest BCUT2D eigenvalue weighted by atomic mass is 32.1. The molecule has 1 aliphatic carbocycles. The number of ether oxygens (including phenoxy) is 1. The van der Waals surface area contributed by atoms with Gasteiger partial charge in [0.15, 0.2) is 5.60 Å².